The molecule has 0 radical (unpaired) electrons. The first-order valence-corrected chi connectivity index (χ1v) is 9.34. The summed E-state index contributed by atoms with van der Waals surface area (Å²) >= 11 is 0. The zero-order valence-electron chi connectivity index (χ0n) is 15.5. The van der Waals surface area contributed by atoms with Gasteiger partial charge in [0, 0.05) is 37.8 Å². The minimum absolute atomic E-state index is 0.0441. The zero-order chi connectivity index (χ0) is 19.3. The van der Waals surface area contributed by atoms with E-state index in [1.807, 2.05) is 36.4 Å². The van der Waals surface area contributed by atoms with Crippen LogP contribution in [0.1, 0.15) is 5.56 Å². The lowest BCUT2D eigenvalue weighted by atomic mass is 10.1. The number of hydrogen-bond acceptors (Lipinski definition) is 4. The summed E-state index contributed by atoms with van der Waals surface area (Å²) in [6.07, 6.45) is 1.67. The molecule has 4 rings (SSSR count). The van der Waals surface area contributed by atoms with Crippen LogP contribution in [0.2, 0.25) is 0 Å². The topological polar surface area (TPSA) is 49.3 Å². The number of amides is 1. The number of benzene rings is 2. The smallest absolute Gasteiger partial charge is 0.227 e. The van der Waals surface area contributed by atoms with E-state index < -0.39 is 0 Å². The van der Waals surface area contributed by atoms with Crippen LogP contribution in [0.5, 0.6) is 0 Å². The van der Waals surface area contributed by atoms with Gasteiger partial charge in [-0.3, -0.25) is 4.79 Å². The summed E-state index contributed by atoms with van der Waals surface area (Å²) < 4.78 is 13.8. The molecule has 1 aliphatic heterocycles. The van der Waals surface area contributed by atoms with Crippen LogP contribution in [-0.2, 0) is 11.2 Å². The van der Waals surface area contributed by atoms with Crippen LogP contribution in [0, 0.1) is 5.82 Å². The van der Waals surface area contributed by atoms with Gasteiger partial charge in [-0.05, 0) is 11.6 Å². The lowest BCUT2D eigenvalue weighted by Gasteiger charge is -2.35. The number of piperazine rings is 1. The summed E-state index contributed by atoms with van der Waals surface area (Å²) in [4.78, 5) is 25.2. The predicted octanol–water partition coefficient (Wildman–Crippen LogP) is 3.17. The number of aromatic nitrogens is 2. The van der Waals surface area contributed by atoms with Gasteiger partial charge in [-0.25, -0.2) is 14.4 Å². The summed E-state index contributed by atoms with van der Waals surface area (Å²) in [7, 11) is 0. The molecule has 0 atom stereocenters. The summed E-state index contributed by atoms with van der Waals surface area (Å²) in [5.74, 6) is 0.483. The summed E-state index contributed by atoms with van der Waals surface area (Å²) in [6.45, 7) is 2.57. The predicted molar refractivity (Wildman–Crippen MR) is 106 cm³/mol. The zero-order valence-corrected chi connectivity index (χ0v) is 15.5. The molecule has 1 amide bonds. The first kappa shape index (κ1) is 18.1. The fraction of sp³-hybridized carbons (Fsp3) is 0.227. The second-order valence-electron chi connectivity index (χ2n) is 6.76. The summed E-state index contributed by atoms with van der Waals surface area (Å²) in [5.41, 5.74) is 2.37. The van der Waals surface area contributed by atoms with Gasteiger partial charge in [-0.2, -0.15) is 0 Å². The average molecular weight is 376 g/mol. The van der Waals surface area contributed by atoms with Gasteiger partial charge in [0.15, 0.2) is 0 Å². The highest BCUT2D eigenvalue weighted by Crippen LogP contribution is 2.21. The van der Waals surface area contributed by atoms with E-state index in [1.165, 1.54) is 6.07 Å². The molecule has 5 nitrogen and oxygen atoms in total. The second kappa shape index (κ2) is 8.17. The molecule has 3 aromatic rings. The Morgan fingerprint density at radius 1 is 0.929 bits per heavy atom. The van der Waals surface area contributed by atoms with E-state index in [2.05, 4.69) is 14.9 Å². The quantitative estimate of drug-likeness (QED) is 0.702. The molecule has 2 heterocycles. The number of halogens is 1. The summed E-state index contributed by atoms with van der Waals surface area (Å²) in [5, 5.41) is 0. The van der Waals surface area contributed by atoms with Crippen molar-refractivity contribution in [3.63, 3.8) is 0 Å². The van der Waals surface area contributed by atoms with E-state index in [4.69, 9.17) is 0 Å². The van der Waals surface area contributed by atoms with Gasteiger partial charge in [-0.1, -0.05) is 48.5 Å². The van der Waals surface area contributed by atoms with Crippen LogP contribution < -0.4 is 4.90 Å². The van der Waals surface area contributed by atoms with Crippen molar-refractivity contribution in [3.05, 3.63) is 78.4 Å². The van der Waals surface area contributed by atoms with Crippen molar-refractivity contribution < 1.29 is 9.18 Å². The molecule has 0 saturated carbocycles. The lowest BCUT2D eigenvalue weighted by molar-refractivity contribution is -0.130. The Hall–Kier alpha value is -3.28. The lowest BCUT2D eigenvalue weighted by Crippen LogP contribution is -2.49. The Balaban J connectivity index is 1.39. The van der Waals surface area contributed by atoms with E-state index in [0.29, 0.717) is 31.7 Å². The van der Waals surface area contributed by atoms with Crippen LogP contribution in [0.4, 0.5) is 10.2 Å². The molecule has 1 saturated heterocycles. The number of nitrogens with zero attached hydrogens (tertiary/aromatic N) is 4. The molecule has 0 N–H and O–H groups in total. The molecule has 1 fully saturated rings. The maximum absolute atomic E-state index is 13.8. The standard InChI is InChI=1S/C22H21FN4O/c23-19-9-5-4-8-18(19)14-22(28)27-12-10-26(11-13-27)21-15-20(24-16-25-21)17-6-2-1-3-7-17/h1-9,15-16H,10-14H2. The van der Waals surface area contributed by atoms with Crippen LogP contribution >= 0.6 is 0 Å². The second-order valence-corrected chi connectivity index (χ2v) is 6.76. The first-order chi connectivity index (χ1) is 13.7. The molecule has 0 bridgehead atoms. The average Bonchev–Trinajstić information content (AvgIpc) is 2.76. The van der Waals surface area contributed by atoms with Gasteiger partial charge in [0.05, 0.1) is 12.1 Å². The molecule has 0 unspecified atom stereocenters. The molecular formula is C22H21FN4O. The van der Waals surface area contributed by atoms with Gasteiger partial charge < -0.3 is 9.80 Å². The fourth-order valence-corrected chi connectivity index (χ4v) is 3.39. The van der Waals surface area contributed by atoms with Gasteiger partial charge in [0.2, 0.25) is 5.91 Å². The molecular weight excluding hydrogens is 355 g/mol. The van der Waals surface area contributed by atoms with Crippen molar-refractivity contribution in [3.8, 4) is 11.3 Å². The Bertz CT molecular complexity index is 956. The number of hydrogen-bond donors (Lipinski definition) is 0. The van der Waals surface area contributed by atoms with Crippen LogP contribution in [0.25, 0.3) is 11.3 Å². The Morgan fingerprint density at radius 3 is 2.39 bits per heavy atom. The van der Waals surface area contributed by atoms with E-state index >= 15 is 0 Å². The largest absolute Gasteiger partial charge is 0.353 e. The SMILES string of the molecule is O=C(Cc1ccccc1F)N1CCN(c2cc(-c3ccccc3)ncn2)CC1. The monoisotopic (exact) mass is 376 g/mol. The molecule has 142 valence electrons. The maximum Gasteiger partial charge on any atom is 0.227 e. The van der Waals surface area contributed by atoms with Crippen molar-refractivity contribution in [2.45, 2.75) is 6.42 Å². The van der Waals surface area contributed by atoms with Gasteiger partial charge in [0.1, 0.15) is 18.0 Å². The van der Waals surface area contributed by atoms with E-state index in [-0.39, 0.29) is 18.1 Å². The fourth-order valence-electron chi connectivity index (χ4n) is 3.39. The van der Waals surface area contributed by atoms with Crippen molar-refractivity contribution in [1.29, 1.82) is 0 Å². The number of anilines is 1. The maximum atomic E-state index is 13.8. The van der Waals surface area contributed by atoms with Crippen molar-refractivity contribution >= 4 is 11.7 Å². The Kier molecular flexibility index (Phi) is 5.28. The van der Waals surface area contributed by atoms with Gasteiger partial charge >= 0.3 is 0 Å². The molecule has 0 spiro atoms. The highest BCUT2D eigenvalue weighted by atomic mass is 19.1. The highest BCUT2D eigenvalue weighted by molar-refractivity contribution is 5.79. The van der Waals surface area contributed by atoms with Gasteiger partial charge in [-0.15, -0.1) is 0 Å². The molecule has 28 heavy (non-hydrogen) atoms. The number of carbonyl (C=O) groups excluding carboxylic acids is 1. The van der Waals surface area contributed by atoms with Crippen molar-refractivity contribution in [1.82, 2.24) is 14.9 Å². The third kappa shape index (κ3) is 4.01. The van der Waals surface area contributed by atoms with E-state index in [1.54, 1.807) is 29.4 Å². The van der Waals surface area contributed by atoms with Gasteiger partial charge in [0.25, 0.3) is 0 Å². The van der Waals surface area contributed by atoms with Crippen LogP contribution in [0.15, 0.2) is 67.0 Å². The Morgan fingerprint density at radius 2 is 1.64 bits per heavy atom. The third-order valence-corrected chi connectivity index (χ3v) is 4.98. The van der Waals surface area contributed by atoms with Crippen molar-refractivity contribution in [2.24, 2.45) is 0 Å². The highest BCUT2D eigenvalue weighted by Gasteiger charge is 2.23. The van der Waals surface area contributed by atoms with Crippen molar-refractivity contribution in [2.75, 3.05) is 31.1 Å². The minimum Gasteiger partial charge on any atom is -0.353 e. The Labute approximate surface area is 163 Å². The van der Waals surface area contributed by atoms with Crippen LogP contribution in [-0.4, -0.2) is 47.0 Å². The molecule has 1 aromatic heterocycles. The van der Waals surface area contributed by atoms with E-state index in [9.17, 15) is 9.18 Å². The normalized spacial score (nSPS) is 14.2. The molecule has 2 aromatic carbocycles. The van der Waals surface area contributed by atoms with Crippen LogP contribution in [0.3, 0.4) is 0 Å². The first-order valence-electron chi connectivity index (χ1n) is 9.34. The number of carbonyl (C=O) groups is 1. The number of rotatable bonds is 4. The minimum atomic E-state index is -0.330. The molecule has 1 aliphatic rings. The third-order valence-electron chi connectivity index (χ3n) is 4.98. The summed E-state index contributed by atoms with van der Waals surface area (Å²) in [6, 6.07) is 18.4. The molecule has 0 aliphatic carbocycles. The molecule has 6 heteroatoms. The van der Waals surface area contributed by atoms with E-state index in [0.717, 1.165) is 17.1 Å².